The van der Waals surface area contributed by atoms with Crippen LogP contribution in [0.1, 0.15) is 12.5 Å². The minimum absolute atomic E-state index is 0.567. The third-order valence-electron chi connectivity index (χ3n) is 1.11. The molecule has 0 aliphatic rings. The molecule has 1 atom stereocenters. The van der Waals surface area contributed by atoms with Crippen LogP contribution in [0.25, 0.3) is 0 Å². The summed E-state index contributed by atoms with van der Waals surface area (Å²) in [5.74, 6) is 5.44. The molecule has 0 spiro atoms. The molecule has 0 aliphatic carbocycles. The molecule has 56 valence electrons. The molecule has 0 radical (unpaired) electrons. The summed E-state index contributed by atoms with van der Waals surface area (Å²) in [5, 5.41) is 8.82. The summed E-state index contributed by atoms with van der Waals surface area (Å²) >= 11 is 0. The fourth-order valence-electron chi connectivity index (χ4n) is 0.623. The van der Waals surface area contributed by atoms with Crippen LogP contribution in [0.2, 0.25) is 0 Å². The van der Waals surface area contributed by atoms with Gasteiger partial charge in [0.2, 0.25) is 0 Å². The van der Waals surface area contributed by atoms with Crippen LogP contribution in [-0.2, 0) is 0 Å². The predicted octanol–water partition coefficient (Wildman–Crippen LogP) is 0.814. The van der Waals surface area contributed by atoms with Gasteiger partial charge in [0.25, 0.3) is 0 Å². The standard InChI is InChI=1S/C9H9NO/c1-8(11)2-3-9-4-6-10-7-5-9/h4-8,11H,1H3. The molecule has 0 saturated carbocycles. The van der Waals surface area contributed by atoms with Gasteiger partial charge in [-0.1, -0.05) is 11.8 Å². The number of rotatable bonds is 0. The summed E-state index contributed by atoms with van der Waals surface area (Å²) in [4.78, 5) is 3.84. The second-order valence-electron chi connectivity index (χ2n) is 2.18. The SMILES string of the molecule is CC(O)C#Cc1ccncc1. The number of aromatic nitrogens is 1. The molecule has 2 heteroatoms. The molecule has 1 aromatic rings. The van der Waals surface area contributed by atoms with Gasteiger partial charge in [0.05, 0.1) is 0 Å². The topological polar surface area (TPSA) is 33.1 Å². The molecule has 0 aliphatic heterocycles. The highest BCUT2D eigenvalue weighted by molar-refractivity contribution is 5.32. The fourth-order valence-corrected chi connectivity index (χ4v) is 0.623. The molecule has 1 N–H and O–H groups in total. The first kappa shape index (κ1) is 7.77. The molecule has 1 heterocycles. The smallest absolute Gasteiger partial charge is 0.112 e. The lowest BCUT2D eigenvalue weighted by atomic mass is 10.2. The summed E-state index contributed by atoms with van der Waals surface area (Å²) in [6, 6.07) is 3.60. The normalized spacial score (nSPS) is 11.5. The van der Waals surface area contributed by atoms with Gasteiger partial charge in [-0.2, -0.15) is 0 Å². The Bertz CT molecular complexity index is 269. The van der Waals surface area contributed by atoms with Gasteiger partial charge in [-0.05, 0) is 19.1 Å². The van der Waals surface area contributed by atoms with E-state index in [9.17, 15) is 0 Å². The van der Waals surface area contributed by atoms with E-state index >= 15 is 0 Å². The van der Waals surface area contributed by atoms with Gasteiger partial charge in [-0.3, -0.25) is 4.98 Å². The van der Waals surface area contributed by atoms with E-state index in [0.717, 1.165) is 5.56 Å². The number of hydrogen-bond acceptors (Lipinski definition) is 2. The zero-order chi connectivity index (χ0) is 8.10. The van der Waals surface area contributed by atoms with Crippen molar-refractivity contribution < 1.29 is 5.11 Å². The first-order chi connectivity index (χ1) is 5.29. The molecular weight excluding hydrogens is 138 g/mol. The zero-order valence-electron chi connectivity index (χ0n) is 6.28. The minimum atomic E-state index is -0.567. The maximum Gasteiger partial charge on any atom is 0.112 e. The molecule has 0 saturated heterocycles. The maximum atomic E-state index is 8.82. The summed E-state index contributed by atoms with van der Waals surface area (Å²) in [5.41, 5.74) is 0.876. The van der Waals surface area contributed by atoms with Crippen LogP contribution in [-0.4, -0.2) is 16.2 Å². The molecule has 0 aromatic carbocycles. The molecule has 0 bridgehead atoms. The van der Waals surface area contributed by atoms with Crippen molar-refractivity contribution in [2.45, 2.75) is 13.0 Å². The van der Waals surface area contributed by atoms with E-state index in [2.05, 4.69) is 16.8 Å². The number of aliphatic hydroxyl groups excluding tert-OH is 1. The van der Waals surface area contributed by atoms with Crippen LogP contribution < -0.4 is 0 Å². The molecule has 1 unspecified atom stereocenters. The third-order valence-corrected chi connectivity index (χ3v) is 1.11. The van der Waals surface area contributed by atoms with Gasteiger partial charge in [0.15, 0.2) is 0 Å². The van der Waals surface area contributed by atoms with Crippen LogP contribution >= 0.6 is 0 Å². The lowest BCUT2D eigenvalue weighted by Crippen LogP contribution is -1.92. The van der Waals surface area contributed by atoms with Crippen molar-refractivity contribution in [1.82, 2.24) is 4.98 Å². The molecule has 1 aromatic heterocycles. The molecule has 2 nitrogen and oxygen atoms in total. The molecule has 1 rings (SSSR count). The van der Waals surface area contributed by atoms with Gasteiger partial charge in [-0.15, -0.1) is 0 Å². The summed E-state index contributed by atoms with van der Waals surface area (Å²) < 4.78 is 0. The van der Waals surface area contributed by atoms with E-state index in [1.54, 1.807) is 31.5 Å². The maximum absolute atomic E-state index is 8.82. The van der Waals surface area contributed by atoms with Crippen LogP contribution in [0, 0.1) is 11.8 Å². The molecule has 0 amide bonds. The summed E-state index contributed by atoms with van der Waals surface area (Å²) in [6.45, 7) is 1.63. The Labute approximate surface area is 65.9 Å². The van der Waals surface area contributed by atoms with Crippen LogP contribution in [0.4, 0.5) is 0 Å². The van der Waals surface area contributed by atoms with Gasteiger partial charge in [0, 0.05) is 18.0 Å². The number of pyridine rings is 1. The first-order valence-corrected chi connectivity index (χ1v) is 3.38. The predicted molar refractivity (Wildman–Crippen MR) is 42.8 cm³/mol. The Morgan fingerprint density at radius 3 is 2.64 bits per heavy atom. The summed E-state index contributed by atoms with van der Waals surface area (Å²) in [6.07, 6.45) is 2.78. The lowest BCUT2D eigenvalue weighted by Gasteiger charge is -1.88. The van der Waals surface area contributed by atoms with Crippen molar-refractivity contribution in [3.63, 3.8) is 0 Å². The van der Waals surface area contributed by atoms with Gasteiger partial charge in [0.1, 0.15) is 6.10 Å². The van der Waals surface area contributed by atoms with E-state index in [-0.39, 0.29) is 0 Å². The van der Waals surface area contributed by atoms with Crippen LogP contribution in [0.5, 0.6) is 0 Å². The van der Waals surface area contributed by atoms with E-state index in [4.69, 9.17) is 5.11 Å². The highest BCUT2D eigenvalue weighted by atomic mass is 16.3. The van der Waals surface area contributed by atoms with E-state index in [1.165, 1.54) is 0 Å². The van der Waals surface area contributed by atoms with Crippen molar-refractivity contribution in [3.05, 3.63) is 30.1 Å². The van der Waals surface area contributed by atoms with Gasteiger partial charge >= 0.3 is 0 Å². The third kappa shape index (κ3) is 2.83. The Balaban J connectivity index is 2.75. The highest BCUT2D eigenvalue weighted by Crippen LogP contribution is 1.91. The second-order valence-corrected chi connectivity index (χ2v) is 2.18. The lowest BCUT2D eigenvalue weighted by molar-refractivity contribution is 0.253. The molecule has 0 fully saturated rings. The van der Waals surface area contributed by atoms with Crippen molar-refractivity contribution in [3.8, 4) is 11.8 Å². The minimum Gasteiger partial charge on any atom is -0.381 e. The van der Waals surface area contributed by atoms with Crippen molar-refractivity contribution in [1.29, 1.82) is 0 Å². The van der Waals surface area contributed by atoms with Crippen molar-refractivity contribution >= 4 is 0 Å². The van der Waals surface area contributed by atoms with E-state index in [0.29, 0.717) is 0 Å². The molecule has 11 heavy (non-hydrogen) atoms. The Morgan fingerprint density at radius 2 is 2.09 bits per heavy atom. The Morgan fingerprint density at radius 1 is 1.45 bits per heavy atom. The largest absolute Gasteiger partial charge is 0.381 e. The zero-order valence-corrected chi connectivity index (χ0v) is 6.28. The highest BCUT2D eigenvalue weighted by Gasteiger charge is 1.84. The van der Waals surface area contributed by atoms with Crippen molar-refractivity contribution in [2.75, 3.05) is 0 Å². The number of aliphatic hydroxyl groups is 1. The fraction of sp³-hybridized carbons (Fsp3) is 0.222. The van der Waals surface area contributed by atoms with E-state index < -0.39 is 6.10 Å². The first-order valence-electron chi connectivity index (χ1n) is 3.38. The van der Waals surface area contributed by atoms with Crippen LogP contribution in [0.3, 0.4) is 0 Å². The van der Waals surface area contributed by atoms with Gasteiger partial charge in [-0.25, -0.2) is 0 Å². The van der Waals surface area contributed by atoms with Crippen LogP contribution in [0.15, 0.2) is 24.5 Å². The van der Waals surface area contributed by atoms with Crippen molar-refractivity contribution in [2.24, 2.45) is 0 Å². The Hall–Kier alpha value is -1.33. The quantitative estimate of drug-likeness (QED) is 0.551. The number of nitrogens with zero attached hydrogens (tertiary/aromatic N) is 1. The monoisotopic (exact) mass is 147 g/mol. The van der Waals surface area contributed by atoms with Gasteiger partial charge < -0.3 is 5.11 Å². The average molecular weight is 147 g/mol. The Kier molecular flexibility index (Phi) is 2.65. The average Bonchev–Trinajstić information content (AvgIpc) is 2.03. The van der Waals surface area contributed by atoms with E-state index in [1.807, 2.05) is 0 Å². The molecular formula is C9H9NO. The number of hydrogen-bond donors (Lipinski definition) is 1. The summed E-state index contributed by atoms with van der Waals surface area (Å²) in [7, 11) is 0. The second kappa shape index (κ2) is 3.75.